The Labute approximate surface area is 137 Å². The van der Waals surface area contributed by atoms with Crippen molar-refractivity contribution in [3.8, 4) is 0 Å². The van der Waals surface area contributed by atoms with E-state index in [9.17, 15) is 14.4 Å². The highest BCUT2D eigenvalue weighted by atomic mass is 35.5. The van der Waals surface area contributed by atoms with Gasteiger partial charge in [-0.05, 0) is 31.0 Å². The zero-order valence-corrected chi connectivity index (χ0v) is 13.2. The third kappa shape index (κ3) is 4.11. The van der Waals surface area contributed by atoms with Gasteiger partial charge in [0.1, 0.15) is 0 Å². The summed E-state index contributed by atoms with van der Waals surface area (Å²) in [5.74, 6) is -2.03. The number of primary amides is 1. The molecule has 2 rings (SSSR count). The number of hydrogen-bond acceptors (Lipinski definition) is 3. The number of benzene rings is 1. The lowest BCUT2D eigenvalue weighted by Gasteiger charge is -2.29. The van der Waals surface area contributed by atoms with Gasteiger partial charge in [0.25, 0.3) is 0 Å². The predicted octanol–water partition coefficient (Wildman–Crippen LogP) is 1.66. The number of nitrogens with zero attached hydrogens (tertiary/aromatic N) is 1. The average Bonchev–Trinajstić information content (AvgIpc) is 2.45. The van der Waals surface area contributed by atoms with Crippen molar-refractivity contribution in [2.24, 2.45) is 11.7 Å². The van der Waals surface area contributed by atoms with Crippen LogP contribution in [0.3, 0.4) is 0 Å². The van der Waals surface area contributed by atoms with E-state index in [1.807, 2.05) is 0 Å². The lowest BCUT2D eigenvalue weighted by Crippen LogP contribution is -2.46. The Morgan fingerprint density at radius 3 is 2.14 bits per heavy atom. The smallest absolute Gasteiger partial charge is 0.313 e. The van der Waals surface area contributed by atoms with E-state index < -0.39 is 11.8 Å². The summed E-state index contributed by atoms with van der Waals surface area (Å²) in [6, 6.07) is 4.52. The summed E-state index contributed by atoms with van der Waals surface area (Å²) in [5.41, 5.74) is 5.58. The Morgan fingerprint density at radius 2 is 1.64 bits per heavy atom. The second-order valence-corrected chi connectivity index (χ2v) is 5.95. The third-order valence-electron chi connectivity index (χ3n) is 3.50. The minimum Gasteiger partial charge on any atom is -0.369 e. The molecule has 3 N–H and O–H groups in total. The van der Waals surface area contributed by atoms with Gasteiger partial charge < -0.3 is 16.0 Å². The molecule has 3 amide bonds. The molecule has 0 atom stereocenters. The molecule has 1 aliphatic rings. The lowest BCUT2D eigenvalue weighted by molar-refractivity contribution is -0.144. The maximum Gasteiger partial charge on any atom is 0.313 e. The number of nitrogens with one attached hydrogen (secondary N) is 1. The molecule has 0 saturated carbocycles. The van der Waals surface area contributed by atoms with Crippen molar-refractivity contribution in [3.63, 3.8) is 0 Å². The number of carbonyl (C=O) groups is 3. The second kappa shape index (κ2) is 6.98. The number of amides is 3. The molecule has 1 aliphatic heterocycles. The van der Waals surface area contributed by atoms with Gasteiger partial charge in [-0.15, -0.1) is 0 Å². The summed E-state index contributed by atoms with van der Waals surface area (Å²) in [6.07, 6.45) is 0.939. The highest BCUT2D eigenvalue weighted by Gasteiger charge is 2.29. The summed E-state index contributed by atoms with van der Waals surface area (Å²) < 4.78 is 0. The number of halogens is 2. The number of nitrogens with two attached hydrogens (primary N) is 1. The molecule has 22 heavy (non-hydrogen) atoms. The van der Waals surface area contributed by atoms with Gasteiger partial charge in [-0.3, -0.25) is 14.4 Å². The molecule has 1 heterocycles. The molecule has 1 saturated heterocycles. The molecule has 0 aromatic heterocycles. The van der Waals surface area contributed by atoms with E-state index in [0.29, 0.717) is 41.7 Å². The summed E-state index contributed by atoms with van der Waals surface area (Å²) in [6.45, 7) is 0.659. The van der Waals surface area contributed by atoms with Crippen molar-refractivity contribution in [1.29, 1.82) is 0 Å². The van der Waals surface area contributed by atoms with Crippen molar-refractivity contribution in [2.75, 3.05) is 18.4 Å². The summed E-state index contributed by atoms with van der Waals surface area (Å²) in [5, 5.41) is 3.18. The van der Waals surface area contributed by atoms with Crippen LogP contribution < -0.4 is 11.1 Å². The molecule has 6 nitrogen and oxygen atoms in total. The van der Waals surface area contributed by atoms with Crippen molar-refractivity contribution in [2.45, 2.75) is 12.8 Å². The SMILES string of the molecule is NC(=O)C1CCN(C(=O)C(=O)Nc2cc(Cl)cc(Cl)c2)CC1. The average molecular weight is 344 g/mol. The predicted molar refractivity (Wildman–Crippen MR) is 83.6 cm³/mol. The molecule has 0 spiro atoms. The van der Waals surface area contributed by atoms with E-state index in [1.165, 1.54) is 23.1 Å². The van der Waals surface area contributed by atoms with Gasteiger partial charge in [0.15, 0.2) is 0 Å². The number of carbonyl (C=O) groups excluding carboxylic acids is 3. The Bertz CT molecular complexity index is 593. The summed E-state index contributed by atoms with van der Waals surface area (Å²) >= 11 is 11.7. The zero-order chi connectivity index (χ0) is 16.3. The number of piperidine rings is 1. The van der Waals surface area contributed by atoms with Gasteiger partial charge in [-0.1, -0.05) is 23.2 Å². The highest BCUT2D eigenvalue weighted by Crippen LogP contribution is 2.23. The first-order chi connectivity index (χ1) is 10.4. The van der Waals surface area contributed by atoms with Crippen molar-refractivity contribution in [3.05, 3.63) is 28.2 Å². The molecule has 1 aromatic rings. The first-order valence-corrected chi connectivity index (χ1v) is 7.48. The largest absolute Gasteiger partial charge is 0.369 e. The van der Waals surface area contributed by atoms with Crippen LogP contribution in [0.1, 0.15) is 12.8 Å². The second-order valence-electron chi connectivity index (χ2n) is 5.08. The standard InChI is InChI=1S/C14H15Cl2N3O3/c15-9-5-10(16)7-11(6-9)18-13(21)14(22)19-3-1-8(2-4-19)12(17)20/h5-8H,1-4H2,(H2,17,20)(H,18,21). The van der Waals surface area contributed by atoms with Gasteiger partial charge in [0.2, 0.25) is 5.91 Å². The minimum atomic E-state index is -0.768. The number of hydrogen-bond donors (Lipinski definition) is 2. The van der Waals surface area contributed by atoms with Crippen LogP contribution in [0, 0.1) is 5.92 Å². The third-order valence-corrected chi connectivity index (χ3v) is 3.94. The van der Waals surface area contributed by atoms with E-state index in [0.717, 1.165) is 0 Å². The number of rotatable bonds is 2. The molecule has 1 fully saturated rings. The molecule has 0 aliphatic carbocycles. The molecule has 0 radical (unpaired) electrons. The van der Waals surface area contributed by atoms with Crippen LogP contribution in [0.4, 0.5) is 5.69 Å². The summed E-state index contributed by atoms with van der Waals surface area (Å²) in [7, 11) is 0. The Balaban J connectivity index is 1.95. The fourth-order valence-electron chi connectivity index (χ4n) is 2.32. The Morgan fingerprint density at radius 1 is 1.09 bits per heavy atom. The van der Waals surface area contributed by atoms with E-state index >= 15 is 0 Å². The molecule has 8 heteroatoms. The van der Waals surface area contributed by atoms with Crippen LogP contribution in [0.5, 0.6) is 0 Å². The lowest BCUT2D eigenvalue weighted by atomic mass is 9.96. The first kappa shape index (κ1) is 16.6. The van der Waals surface area contributed by atoms with Gasteiger partial charge in [-0.25, -0.2) is 0 Å². The van der Waals surface area contributed by atoms with Crippen LogP contribution in [0.15, 0.2) is 18.2 Å². The number of likely N-dealkylation sites (tertiary alicyclic amines) is 1. The van der Waals surface area contributed by atoms with E-state index in [4.69, 9.17) is 28.9 Å². The van der Waals surface area contributed by atoms with Crippen LogP contribution >= 0.6 is 23.2 Å². The van der Waals surface area contributed by atoms with Crippen LogP contribution in [-0.2, 0) is 14.4 Å². The van der Waals surface area contributed by atoms with Crippen LogP contribution in [0.25, 0.3) is 0 Å². The molecule has 118 valence electrons. The van der Waals surface area contributed by atoms with E-state index in [2.05, 4.69) is 5.32 Å². The van der Waals surface area contributed by atoms with Crippen molar-refractivity contribution < 1.29 is 14.4 Å². The molecule has 0 bridgehead atoms. The van der Waals surface area contributed by atoms with E-state index in [1.54, 1.807) is 0 Å². The maximum absolute atomic E-state index is 12.1. The van der Waals surface area contributed by atoms with Crippen molar-refractivity contribution >= 4 is 46.6 Å². The first-order valence-electron chi connectivity index (χ1n) is 6.72. The monoisotopic (exact) mass is 343 g/mol. The van der Waals surface area contributed by atoms with Gasteiger partial charge in [-0.2, -0.15) is 0 Å². The fraction of sp³-hybridized carbons (Fsp3) is 0.357. The quantitative estimate of drug-likeness (QED) is 0.799. The minimum absolute atomic E-state index is 0.237. The van der Waals surface area contributed by atoms with Gasteiger partial charge >= 0.3 is 11.8 Å². The van der Waals surface area contributed by atoms with Gasteiger partial charge in [0.05, 0.1) is 0 Å². The Kier molecular flexibility index (Phi) is 5.26. The fourth-order valence-corrected chi connectivity index (χ4v) is 2.85. The topological polar surface area (TPSA) is 92.5 Å². The van der Waals surface area contributed by atoms with Crippen LogP contribution in [-0.4, -0.2) is 35.7 Å². The van der Waals surface area contributed by atoms with Crippen molar-refractivity contribution in [1.82, 2.24) is 4.90 Å². The van der Waals surface area contributed by atoms with Crippen LogP contribution in [0.2, 0.25) is 10.0 Å². The maximum atomic E-state index is 12.1. The molecular formula is C14H15Cl2N3O3. The molecule has 0 unspecified atom stereocenters. The highest BCUT2D eigenvalue weighted by molar-refractivity contribution is 6.40. The van der Waals surface area contributed by atoms with E-state index in [-0.39, 0.29) is 11.8 Å². The Hall–Kier alpha value is -1.79. The number of anilines is 1. The zero-order valence-electron chi connectivity index (χ0n) is 11.6. The van der Waals surface area contributed by atoms with Gasteiger partial charge in [0, 0.05) is 34.7 Å². The normalized spacial score (nSPS) is 15.5. The molecular weight excluding hydrogens is 329 g/mol. The summed E-state index contributed by atoms with van der Waals surface area (Å²) in [4.78, 5) is 36.5. The molecule has 1 aromatic carbocycles.